The lowest BCUT2D eigenvalue weighted by Crippen LogP contribution is -2.19. The van der Waals surface area contributed by atoms with Crippen LogP contribution in [0.5, 0.6) is 0 Å². The minimum Gasteiger partial charge on any atom is -0.394 e. The topological polar surface area (TPSA) is 40.5 Å². The van der Waals surface area contributed by atoms with Crippen molar-refractivity contribution in [3.05, 3.63) is 35.9 Å². The van der Waals surface area contributed by atoms with Crippen molar-refractivity contribution in [2.75, 3.05) is 6.61 Å². The Balaban J connectivity index is 2.71. The minimum atomic E-state index is -0.660. The lowest BCUT2D eigenvalue weighted by Gasteiger charge is -2.16. The number of benzene rings is 1. The summed E-state index contributed by atoms with van der Waals surface area (Å²) in [5.74, 6) is -0.00352. The van der Waals surface area contributed by atoms with Crippen molar-refractivity contribution in [3.63, 3.8) is 0 Å². The van der Waals surface area contributed by atoms with E-state index < -0.39 is 6.10 Å². The van der Waals surface area contributed by atoms with Gasteiger partial charge < -0.3 is 10.2 Å². The molecule has 2 nitrogen and oxygen atoms in total. The van der Waals surface area contributed by atoms with E-state index in [-0.39, 0.29) is 12.5 Å². The molecule has 2 N–H and O–H groups in total. The van der Waals surface area contributed by atoms with Gasteiger partial charge >= 0.3 is 0 Å². The predicted octanol–water partition coefficient (Wildman–Crippen LogP) is 1.14. The third kappa shape index (κ3) is 2.06. The van der Waals surface area contributed by atoms with Gasteiger partial charge in [0.15, 0.2) is 0 Å². The minimum absolute atomic E-state index is 0.00352. The first kappa shape index (κ1) is 9.23. The highest BCUT2D eigenvalue weighted by atomic mass is 16.3. The Morgan fingerprint density at radius 2 is 1.83 bits per heavy atom. The van der Waals surface area contributed by atoms with Gasteiger partial charge in [-0.3, -0.25) is 0 Å². The molecule has 2 atom stereocenters. The van der Waals surface area contributed by atoms with Crippen LogP contribution in [-0.4, -0.2) is 22.9 Å². The van der Waals surface area contributed by atoms with Crippen LogP contribution in [0.1, 0.15) is 18.4 Å². The van der Waals surface area contributed by atoms with Crippen LogP contribution in [0.3, 0.4) is 0 Å². The molecule has 0 saturated carbocycles. The van der Waals surface area contributed by atoms with E-state index in [0.29, 0.717) is 0 Å². The Kier molecular flexibility index (Phi) is 3.26. The molecule has 2 heteroatoms. The molecule has 0 spiro atoms. The van der Waals surface area contributed by atoms with Crippen LogP contribution in [0, 0.1) is 0 Å². The number of hydrogen-bond acceptors (Lipinski definition) is 2. The van der Waals surface area contributed by atoms with Crippen molar-refractivity contribution < 1.29 is 10.2 Å². The van der Waals surface area contributed by atoms with E-state index in [0.717, 1.165) is 5.56 Å². The summed E-state index contributed by atoms with van der Waals surface area (Å²) in [7, 11) is 0. The van der Waals surface area contributed by atoms with E-state index >= 15 is 0 Å². The molecule has 0 unspecified atom stereocenters. The summed E-state index contributed by atoms with van der Waals surface area (Å²) < 4.78 is 0. The molecule has 0 aromatic heterocycles. The zero-order chi connectivity index (χ0) is 8.97. The van der Waals surface area contributed by atoms with Crippen molar-refractivity contribution in [1.29, 1.82) is 0 Å². The second-order valence-electron chi connectivity index (χ2n) is 2.95. The van der Waals surface area contributed by atoms with Crippen LogP contribution >= 0.6 is 0 Å². The van der Waals surface area contributed by atoms with Crippen molar-refractivity contribution in [3.8, 4) is 0 Å². The average Bonchev–Trinajstić information content (AvgIpc) is 2.17. The number of rotatable bonds is 3. The van der Waals surface area contributed by atoms with E-state index in [1.807, 2.05) is 37.3 Å². The summed E-state index contributed by atoms with van der Waals surface area (Å²) >= 11 is 0. The number of hydrogen-bond donors (Lipinski definition) is 2. The molecule has 0 aliphatic rings. The van der Waals surface area contributed by atoms with E-state index in [1.165, 1.54) is 0 Å². The molecule has 0 bridgehead atoms. The molecule has 0 radical (unpaired) electrons. The first-order chi connectivity index (χ1) is 5.75. The Hall–Kier alpha value is -0.860. The van der Waals surface area contributed by atoms with Gasteiger partial charge in [0, 0.05) is 5.92 Å². The molecule has 1 aromatic carbocycles. The fourth-order valence-corrected chi connectivity index (χ4v) is 1.14. The molecule has 66 valence electrons. The molecule has 12 heavy (non-hydrogen) atoms. The summed E-state index contributed by atoms with van der Waals surface area (Å²) in [6.07, 6.45) is -0.660. The summed E-state index contributed by atoms with van der Waals surface area (Å²) in [5.41, 5.74) is 1.05. The summed E-state index contributed by atoms with van der Waals surface area (Å²) in [4.78, 5) is 0. The zero-order valence-corrected chi connectivity index (χ0v) is 7.14. The van der Waals surface area contributed by atoms with Crippen molar-refractivity contribution in [2.45, 2.75) is 18.9 Å². The van der Waals surface area contributed by atoms with Crippen molar-refractivity contribution >= 4 is 0 Å². The maximum absolute atomic E-state index is 9.33. The molecule has 0 fully saturated rings. The van der Waals surface area contributed by atoms with Crippen LogP contribution in [0.15, 0.2) is 30.3 Å². The molecule has 1 aromatic rings. The van der Waals surface area contributed by atoms with E-state index in [9.17, 15) is 5.11 Å². The zero-order valence-electron chi connectivity index (χ0n) is 7.14. The van der Waals surface area contributed by atoms with E-state index in [4.69, 9.17) is 5.11 Å². The highest BCUT2D eigenvalue weighted by Crippen LogP contribution is 2.17. The molecule has 0 heterocycles. The van der Waals surface area contributed by atoms with Crippen LogP contribution in [-0.2, 0) is 0 Å². The third-order valence-electron chi connectivity index (χ3n) is 2.09. The van der Waals surface area contributed by atoms with Gasteiger partial charge in [0.05, 0.1) is 12.7 Å². The van der Waals surface area contributed by atoms with Crippen molar-refractivity contribution in [2.24, 2.45) is 0 Å². The quantitative estimate of drug-likeness (QED) is 0.707. The molecular formula is C10H14O2. The lowest BCUT2D eigenvalue weighted by molar-refractivity contribution is 0.0772. The smallest absolute Gasteiger partial charge is 0.0836 e. The third-order valence-corrected chi connectivity index (χ3v) is 2.09. The summed E-state index contributed by atoms with van der Waals surface area (Å²) in [5, 5.41) is 18.0. The van der Waals surface area contributed by atoms with Gasteiger partial charge in [-0.1, -0.05) is 37.3 Å². The van der Waals surface area contributed by atoms with Crippen LogP contribution < -0.4 is 0 Å². The Morgan fingerprint density at radius 1 is 1.25 bits per heavy atom. The fraction of sp³-hybridized carbons (Fsp3) is 0.400. The summed E-state index contributed by atoms with van der Waals surface area (Å²) in [6.45, 7) is 1.71. The van der Waals surface area contributed by atoms with E-state index in [1.54, 1.807) is 0 Å². The molecular weight excluding hydrogens is 152 g/mol. The highest BCUT2D eigenvalue weighted by Gasteiger charge is 2.13. The molecule has 1 rings (SSSR count). The molecule has 0 aliphatic carbocycles. The van der Waals surface area contributed by atoms with Crippen LogP contribution in [0.25, 0.3) is 0 Å². The first-order valence-corrected chi connectivity index (χ1v) is 4.09. The normalized spacial score (nSPS) is 15.6. The number of aliphatic hydroxyl groups is 2. The average molecular weight is 166 g/mol. The largest absolute Gasteiger partial charge is 0.394 e. The van der Waals surface area contributed by atoms with Gasteiger partial charge in [-0.05, 0) is 5.56 Å². The summed E-state index contributed by atoms with van der Waals surface area (Å²) in [6, 6.07) is 9.68. The van der Waals surface area contributed by atoms with Crippen LogP contribution in [0.4, 0.5) is 0 Å². The molecule has 0 saturated heterocycles. The Labute approximate surface area is 72.5 Å². The number of aliphatic hydroxyl groups excluding tert-OH is 2. The van der Waals surface area contributed by atoms with Crippen LogP contribution in [0.2, 0.25) is 0 Å². The second kappa shape index (κ2) is 4.24. The van der Waals surface area contributed by atoms with Gasteiger partial charge in [0.25, 0.3) is 0 Å². The lowest BCUT2D eigenvalue weighted by atomic mass is 9.96. The second-order valence-corrected chi connectivity index (χ2v) is 2.95. The van der Waals surface area contributed by atoms with Gasteiger partial charge in [-0.25, -0.2) is 0 Å². The standard InChI is InChI=1S/C10H14O2/c1-8(10(12)7-11)9-5-3-2-4-6-9/h2-6,8,10-12H,7H2,1H3/t8-,10-/m1/s1. The molecule has 0 amide bonds. The van der Waals surface area contributed by atoms with Gasteiger partial charge in [-0.15, -0.1) is 0 Å². The van der Waals surface area contributed by atoms with E-state index in [2.05, 4.69) is 0 Å². The van der Waals surface area contributed by atoms with Gasteiger partial charge in [0.2, 0.25) is 0 Å². The fourth-order valence-electron chi connectivity index (χ4n) is 1.14. The van der Waals surface area contributed by atoms with Gasteiger partial charge in [0.1, 0.15) is 0 Å². The Morgan fingerprint density at radius 3 is 2.33 bits per heavy atom. The first-order valence-electron chi connectivity index (χ1n) is 4.09. The predicted molar refractivity (Wildman–Crippen MR) is 47.9 cm³/mol. The van der Waals surface area contributed by atoms with Gasteiger partial charge in [-0.2, -0.15) is 0 Å². The monoisotopic (exact) mass is 166 g/mol. The van der Waals surface area contributed by atoms with Crippen molar-refractivity contribution in [1.82, 2.24) is 0 Å². The highest BCUT2D eigenvalue weighted by molar-refractivity contribution is 5.19. The SMILES string of the molecule is C[C@H](c1ccccc1)[C@H](O)CO. The molecule has 0 aliphatic heterocycles. The maximum atomic E-state index is 9.33. The maximum Gasteiger partial charge on any atom is 0.0836 e. The Bertz CT molecular complexity index is 221.